The van der Waals surface area contributed by atoms with Gasteiger partial charge in [-0.1, -0.05) is 33.3 Å². The van der Waals surface area contributed by atoms with Gasteiger partial charge in [0.2, 0.25) is 5.91 Å². The van der Waals surface area contributed by atoms with Crippen LogP contribution < -0.4 is 20.5 Å². The van der Waals surface area contributed by atoms with Crippen molar-refractivity contribution in [1.82, 2.24) is 10.2 Å². The van der Waals surface area contributed by atoms with Crippen molar-refractivity contribution >= 4 is 5.91 Å². The molecule has 0 spiro atoms. The standard InChI is InChI=1S/C31H57N3O5/c1-7-8-16-33-31(36)15-13-28(35)27(32)23-26(24(2)3)21-25-12-14-29(38-19-10-9-17-34(4)5)30(22-25)39-20-11-18-37-6/h12,14,22,24,26-28,35H,7-11,13,15-21,23,32H2,1-6H3,(H,33,36). The van der Waals surface area contributed by atoms with E-state index in [1.165, 1.54) is 0 Å². The number of hydrogen-bond donors (Lipinski definition) is 3. The normalized spacial score (nSPS) is 13.9. The summed E-state index contributed by atoms with van der Waals surface area (Å²) in [5.41, 5.74) is 7.58. The first-order chi connectivity index (χ1) is 18.7. The summed E-state index contributed by atoms with van der Waals surface area (Å²) in [6.07, 6.45) is 6.37. The van der Waals surface area contributed by atoms with E-state index in [0.717, 1.165) is 62.1 Å². The zero-order valence-electron chi connectivity index (χ0n) is 25.5. The molecule has 0 aromatic heterocycles. The molecule has 8 nitrogen and oxygen atoms in total. The number of methoxy groups -OCH3 is 1. The first-order valence-electron chi connectivity index (χ1n) is 14.9. The Morgan fingerprint density at radius 3 is 2.44 bits per heavy atom. The van der Waals surface area contributed by atoms with Gasteiger partial charge in [-0.25, -0.2) is 0 Å². The van der Waals surface area contributed by atoms with Gasteiger partial charge in [-0.05, 0) is 88.7 Å². The van der Waals surface area contributed by atoms with E-state index in [2.05, 4.69) is 57.2 Å². The van der Waals surface area contributed by atoms with Crippen LogP contribution in [0.2, 0.25) is 0 Å². The fourth-order valence-corrected chi connectivity index (χ4v) is 4.40. The molecule has 1 amide bonds. The van der Waals surface area contributed by atoms with E-state index in [9.17, 15) is 9.90 Å². The molecule has 0 aliphatic carbocycles. The predicted molar refractivity (Wildman–Crippen MR) is 159 cm³/mol. The third-order valence-corrected chi connectivity index (χ3v) is 7.05. The highest BCUT2D eigenvalue weighted by molar-refractivity contribution is 5.75. The molecule has 0 radical (unpaired) electrons. The number of aliphatic hydroxyl groups excluding tert-OH is 1. The van der Waals surface area contributed by atoms with Gasteiger partial charge in [0.25, 0.3) is 0 Å². The molecule has 0 saturated heterocycles. The predicted octanol–water partition coefficient (Wildman–Crippen LogP) is 4.41. The fraction of sp³-hybridized carbons (Fsp3) is 0.774. The lowest BCUT2D eigenvalue weighted by atomic mass is 9.82. The first-order valence-corrected chi connectivity index (χ1v) is 14.9. The minimum Gasteiger partial charge on any atom is -0.490 e. The van der Waals surface area contributed by atoms with Gasteiger partial charge in [-0.2, -0.15) is 0 Å². The van der Waals surface area contributed by atoms with Crippen LogP contribution in [0.5, 0.6) is 11.5 Å². The maximum absolute atomic E-state index is 12.0. The summed E-state index contributed by atoms with van der Waals surface area (Å²) in [4.78, 5) is 14.2. The van der Waals surface area contributed by atoms with Gasteiger partial charge in [-0.3, -0.25) is 4.79 Å². The zero-order valence-corrected chi connectivity index (χ0v) is 25.5. The largest absolute Gasteiger partial charge is 0.490 e. The summed E-state index contributed by atoms with van der Waals surface area (Å²) in [6.45, 7) is 10.1. The van der Waals surface area contributed by atoms with Crippen molar-refractivity contribution in [2.45, 2.75) is 90.7 Å². The highest BCUT2D eigenvalue weighted by Crippen LogP contribution is 2.32. The lowest BCUT2D eigenvalue weighted by Crippen LogP contribution is -2.38. The maximum atomic E-state index is 12.0. The number of aliphatic hydroxyl groups is 1. The van der Waals surface area contributed by atoms with Gasteiger partial charge in [0.15, 0.2) is 11.5 Å². The number of carbonyl (C=O) groups excluding carboxylic acids is 1. The second kappa shape index (κ2) is 21.0. The van der Waals surface area contributed by atoms with Crippen LogP contribution in [0, 0.1) is 11.8 Å². The second-order valence-corrected chi connectivity index (χ2v) is 11.3. The van der Waals surface area contributed by atoms with E-state index in [1.807, 2.05) is 6.07 Å². The van der Waals surface area contributed by atoms with Crippen LogP contribution in [0.3, 0.4) is 0 Å². The van der Waals surface area contributed by atoms with Crippen LogP contribution in [0.25, 0.3) is 0 Å². The molecule has 0 heterocycles. The van der Waals surface area contributed by atoms with Crippen molar-refractivity contribution < 1.29 is 24.1 Å². The number of benzene rings is 1. The number of carbonyl (C=O) groups is 1. The zero-order chi connectivity index (χ0) is 29.0. The van der Waals surface area contributed by atoms with E-state index in [0.29, 0.717) is 51.5 Å². The average Bonchev–Trinajstić information content (AvgIpc) is 2.89. The summed E-state index contributed by atoms with van der Waals surface area (Å²) in [5.74, 6) is 2.18. The van der Waals surface area contributed by atoms with E-state index in [4.69, 9.17) is 19.9 Å². The molecule has 0 saturated carbocycles. The van der Waals surface area contributed by atoms with Crippen molar-refractivity contribution in [3.63, 3.8) is 0 Å². The van der Waals surface area contributed by atoms with E-state index < -0.39 is 6.10 Å². The third-order valence-electron chi connectivity index (χ3n) is 7.05. The molecule has 1 aromatic carbocycles. The van der Waals surface area contributed by atoms with Crippen molar-refractivity contribution in [1.29, 1.82) is 0 Å². The van der Waals surface area contributed by atoms with Gasteiger partial charge in [0.1, 0.15) is 0 Å². The third kappa shape index (κ3) is 16.1. The quantitative estimate of drug-likeness (QED) is 0.173. The van der Waals surface area contributed by atoms with Crippen LogP contribution >= 0.6 is 0 Å². The monoisotopic (exact) mass is 551 g/mol. The molecule has 1 rings (SSSR count). The Labute approximate surface area is 238 Å². The number of hydrogen-bond acceptors (Lipinski definition) is 7. The molecule has 226 valence electrons. The average molecular weight is 552 g/mol. The van der Waals surface area contributed by atoms with E-state index in [-0.39, 0.29) is 17.9 Å². The Morgan fingerprint density at radius 2 is 1.77 bits per heavy atom. The number of nitrogens with two attached hydrogens (primary N) is 1. The van der Waals surface area contributed by atoms with Crippen molar-refractivity contribution in [3.8, 4) is 11.5 Å². The molecule has 0 aliphatic rings. The topological polar surface area (TPSA) is 106 Å². The van der Waals surface area contributed by atoms with Crippen LogP contribution in [-0.2, 0) is 16.0 Å². The smallest absolute Gasteiger partial charge is 0.220 e. The van der Waals surface area contributed by atoms with Gasteiger partial charge >= 0.3 is 0 Å². The van der Waals surface area contributed by atoms with Gasteiger partial charge in [0.05, 0.1) is 19.3 Å². The number of nitrogens with one attached hydrogen (secondary N) is 1. The Morgan fingerprint density at radius 1 is 1.05 bits per heavy atom. The Hall–Kier alpha value is -1.87. The maximum Gasteiger partial charge on any atom is 0.220 e. The van der Waals surface area contributed by atoms with Crippen LogP contribution in [0.15, 0.2) is 18.2 Å². The van der Waals surface area contributed by atoms with Crippen molar-refractivity contribution in [2.75, 3.05) is 54.1 Å². The Balaban J connectivity index is 2.77. The summed E-state index contributed by atoms with van der Waals surface area (Å²) >= 11 is 0. The number of rotatable bonds is 23. The van der Waals surface area contributed by atoms with Crippen molar-refractivity contribution in [3.05, 3.63) is 23.8 Å². The van der Waals surface area contributed by atoms with Crippen LogP contribution in [0.4, 0.5) is 0 Å². The van der Waals surface area contributed by atoms with Gasteiger partial charge in [-0.15, -0.1) is 0 Å². The number of ether oxygens (including phenoxy) is 3. The second-order valence-electron chi connectivity index (χ2n) is 11.3. The lowest BCUT2D eigenvalue weighted by Gasteiger charge is -2.27. The molecule has 3 unspecified atom stereocenters. The molecule has 0 bridgehead atoms. The number of amides is 1. The Kier molecular flexibility index (Phi) is 18.9. The molecule has 0 aliphatic heterocycles. The molecular formula is C31H57N3O5. The molecule has 39 heavy (non-hydrogen) atoms. The summed E-state index contributed by atoms with van der Waals surface area (Å²) in [6, 6.07) is 5.82. The fourth-order valence-electron chi connectivity index (χ4n) is 4.40. The Bertz CT molecular complexity index is 775. The molecule has 8 heteroatoms. The minimum atomic E-state index is -0.703. The molecule has 1 aromatic rings. The highest BCUT2D eigenvalue weighted by Gasteiger charge is 2.23. The lowest BCUT2D eigenvalue weighted by molar-refractivity contribution is -0.121. The molecular weight excluding hydrogens is 494 g/mol. The molecule has 0 fully saturated rings. The molecule has 4 N–H and O–H groups in total. The van der Waals surface area contributed by atoms with E-state index >= 15 is 0 Å². The van der Waals surface area contributed by atoms with Crippen molar-refractivity contribution in [2.24, 2.45) is 17.6 Å². The summed E-state index contributed by atoms with van der Waals surface area (Å²) in [5, 5.41) is 13.6. The van der Waals surface area contributed by atoms with Gasteiger partial charge in [0, 0.05) is 39.1 Å². The summed E-state index contributed by atoms with van der Waals surface area (Å²) < 4.78 is 17.4. The SMILES string of the molecule is CCCCNC(=O)CCC(O)C(N)CC(Cc1ccc(OCCCCN(C)C)c(OCCCOC)c1)C(C)C. The van der Waals surface area contributed by atoms with E-state index in [1.54, 1.807) is 7.11 Å². The van der Waals surface area contributed by atoms with Crippen LogP contribution in [0.1, 0.15) is 77.7 Å². The number of unbranched alkanes of at least 4 members (excludes halogenated alkanes) is 2. The molecule has 3 atom stereocenters. The minimum absolute atomic E-state index is 0.0202. The summed E-state index contributed by atoms with van der Waals surface area (Å²) in [7, 11) is 5.86. The first kappa shape index (κ1) is 35.2. The van der Waals surface area contributed by atoms with Gasteiger partial charge < -0.3 is 35.3 Å². The number of nitrogens with zero attached hydrogens (tertiary/aromatic N) is 1. The highest BCUT2D eigenvalue weighted by atomic mass is 16.5. The van der Waals surface area contributed by atoms with Crippen LogP contribution in [-0.4, -0.2) is 82.2 Å².